The van der Waals surface area contributed by atoms with Crippen molar-refractivity contribution in [2.45, 2.75) is 53.2 Å². The molecule has 0 fully saturated rings. The average Bonchev–Trinajstić information content (AvgIpc) is 2.54. The number of hydrogen-bond donors (Lipinski definition) is 2. The van der Waals surface area contributed by atoms with Gasteiger partial charge in [0.05, 0.1) is 5.69 Å². The number of carbonyl (C=O) groups is 2. The molecule has 1 atom stereocenters. The van der Waals surface area contributed by atoms with Gasteiger partial charge in [-0.3, -0.25) is 4.79 Å². The van der Waals surface area contributed by atoms with E-state index in [1.807, 2.05) is 13.8 Å². The molecule has 0 aliphatic rings. The lowest BCUT2D eigenvalue weighted by Crippen LogP contribution is -2.43. The van der Waals surface area contributed by atoms with Crippen molar-refractivity contribution in [3.63, 3.8) is 0 Å². The topological polar surface area (TPSA) is 80.3 Å². The van der Waals surface area contributed by atoms with Crippen molar-refractivity contribution in [2.24, 2.45) is 0 Å². The van der Waals surface area contributed by atoms with Gasteiger partial charge in [-0.05, 0) is 41.5 Å². The Morgan fingerprint density at radius 2 is 1.90 bits per heavy atom. The number of aryl methyl sites for hydroxylation is 2. The number of thiazole rings is 1. The predicted molar refractivity (Wildman–Crippen MR) is 79.0 cm³/mol. The minimum absolute atomic E-state index is 0.329. The fraction of sp³-hybridized carbons (Fsp3) is 0.615. The summed E-state index contributed by atoms with van der Waals surface area (Å²) in [6, 6.07) is -0.700. The number of anilines is 1. The molecule has 0 saturated heterocycles. The first-order chi connectivity index (χ1) is 9.08. The van der Waals surface area contributed by atoms with Crippen LogP contribution >= 0.6 is 11.3 Å². The van der Waals surface area contributed by atoms with E-state index in [0.29, 0.717) is 5.13 Å². The molecule has 0 aromatic carbocycles. The van der Waals surface area contributed by atoms with Crippen molar-refractivity contribution in [3.05, 3.63) is 10.6 Å². The second kappa shape index (κ2) is 6.21. The molecule has 0 aliphatic heterocycles. The van der Waals surface area contributed by atoms with Crippen molar-refractivity contribution in [2.75, 3.05) is 5.32 Å². The maximum absolute atomic E-state index is 11.9. The van der Waals surface area contributed by atoms with Gasteiger partial charge in [0.2, 0.25) is 5.91 Å². The van der Waals surface area contributed by atoms with Crippen molar-refractivity contribution in [3.8, 4) is 0 Å². The second-order valence-electron chi connectivity index (χ2n) is 5.52. The van der Waals surface area contributed by atoms with Crippen LogP contribution in [0.2, 0.25) is 0 Å². The van der Waals surface area contributed by atoms with E-state index in [2.05, 4.69) is 15.6 Å². The molecule has 0 aliphatic carbocycles. The summed E-state index contributed by atoms with van der Waals surface area (Å²) >= 11 is 1.40. The number of nitrogens with zero attached hydrogens (tertiary/aromatic N) is 1. The summed E-state index contributed by atoms with van der Waals surface area (Å²) in [7, 11) is 0. The lowest BCUT2D eigenvalue weighted by Gasteiger charge is -2.21. The van der Waals surface area contributed by atoms with Crippen LogP contribution in [0.4, 0.5) is 9.93 Å². The summed E-state index contributed by atoms with van der Waals surface area (Å²) < 4.78 is 5.09. The lowest BCUT2D eigenvalue weighted by atomic mass is 10.2. The third-order valence-corrected chi connectivity index (χ3v) is 3.37. The summed E-state index contributed by atoms with van der Waals surface area (Å²) in [5, 5.41) is 5.68. The molecule has 1 aromatic rings. The molecule has 0 radical (unpaired) electrons. The van der Waals surface area contributed by atoms with Crippen LogP contribution in [0, 0.1) is 13.8 Å². The lowest BCUT2D eigenvalue weighted by molar-refractivity contribution is -0.117. The highest BCUT2D eigenvalue weighted by Crippen LogP contribution is 2.21. The van der Waals surface area contributed by atoms with Gasteiger partial charge in [-0.15, -0.1) is 11.3 Å². The number of amides is 2. The van der Waals surface area contributed by atoms with Gasteiger partial charge in [-0.2, -0.15) is 0 Å². The molecule has 20 heavy (non-hydrogen) atoms. The standard InChI is InChI=1S/C13H21N3O3S/c1-7-9(3)20-11(14-7)16-10(17)8(2)15-12(18)19-13(4,5)6/h8H,1-6H3,(H,15,18)(H,14,16,17)/t8-/m1/s1. The van der Waals surface area contributed by atoms with Gasteiger partial charge in [0.25, 0.3) is 0 Å². The van der Waals surface area contributed by atoms with E-state index in [1.54, 1.807) is 27.7 Å². The van der Waals surface area contributed by atoms with Crippen LogP contribution in [0.15, 0.2) is 0 Å². The maximum atomic E-state index is 11.9. The largest absolute Gasteiger partial charge is 0.444 e. The fourth-order valence-electron chi connectivity index (χ4n) is 1.29. The fourth-order valence-corrected chi connectivity index (χ4v) is 2.11. The summed E-state index contributed by atoms with van der Waals surface area (Å²) in [6.45, 7) is 10.7. The van der Waals surface area contributed by atoms with E-state index in [-0.39, 0.29) is 5.91 Å². The van der Waals surface area contributed by atoms with Crippen LogP contribution in [-0.4, -0.2) is 28.6 Å². The van der Waals surface area contributed by atoms with E-state index in [4.69, 9.17) is 4.74 Å². The van der Waals surface area contributed by atoms with Crippen LogP contribution < -0.4 is 10.6 Å². The van der Waals surface area contributed by atoms with Crippen molar-refractivity contribution in [1.82, 2.24) is 10.3 Å². The Labute approximate surface area is 122 Å². The normalized spacial score (nSPS) is 12.7. The Hall–Kier alpha value is -1.63. The van der Waals surface area contributed by atoms with E-state index in [9.17, 15) is 9.59 Å². The Morgan fingerprint density at radius 1 is 1.30 bits per heavy atom. The molecule has 1 aromatic heterocycles. The highest BCUT2D eigenvalue weighted by molar-refractivity contribution is 7.15. The van der Waals surface area contributed by atoms with E-state index >= 15 is 0 Å². The number of aromatic nitrogens is 1. The Bertz CT molecular complexity index is 486. The third-order valence-electron chi connectivity index (χ3n) is 2.39. The molecular weight excluding hydrogens is 278 g/mol. The zero-order chi connectivity index (χ0) is 15.5. The smallest absolute Gasteiger partial charge is 0.408 e. The minimum atomic E-state index is -0.700. The minimum Gasteiger partial charge on any atom is -0.444 e. The van der Waals surface area contributed by atoms with E-state index in [0.717, 1.165) is 10.6 Å². The number of ether oxygens (including phenoxy) is 1. The van der Waals surface area contributed by atoms with Crippen molar-refractivity contribution >= 4 is 28.5 Å². The molecule has 0 saturated carbocycles. The van der Waals surface area contributed by atoms with Crippen molar-refractivity contribution < 1.29 is 14.3 Å². The first-order valence-corrected chi connectivity index (χ1v) is 7.14. The number of nitrogens with one attached hydrogen (secondary N) is 2. The quantitative estimate of drug-likeness (QED) is 0.899. The number of carbonyl (C=O) groups excluding carboxylic acids is 2. The van der Waals surface area contributed by atoms with Crippen LogP contribution in [0.3, 0.4) is 0 Å². The average molecular weight is 299 g/mol. The Kier molecular flexibility index (Phi) is 5.10. The van der Waals surface area contributed by atoms with Gasteiger partial charge >= 0.3 is 6.09 Å². The van der Waals surface area contributed by atoms with Gasteiger partial charge in [0, 0.05) is 4.88 Å². The molecule has 0 bridgehead atoms. The molecule has 2 amide bonds. The number of hydrogen-bond acceptors (Lipinski definition) is 5. The predicted octanol–water partition coefficient (Wildman–Crippen LogP) is 2.61. The summed E-state index contributed by atoms with van der Waals surface area (Å²) in [6.07, 6.45) is -0.619. The van der Waals surface area contributed by atoms with Crippen LogP contribution in [0.5, 0.6) is 0 Å². The molecular formula is C13H21N3O3S. The molecule has 0 unspecified atom stereocenters. The maximum Gasteiger partial charge on any atom is 0.408 e. The van der Waals surface area contributed by atoms with Gasteiger partial charge in [0.1, 0.15) is 11.6 Å². The van der Waals surface area contributed by atoms with Gasteiger partial charge < -0.3 is 15.4 Å². The highest BCUT2D eigenvalue weighted by atomic mass is 32.1. The second-order valence-corrected chi connectivity index (χ2v) is 6.72. The summed E-state index contributed by atoms with van der Waals surface area (Å²) in [4.78, 5) is 28.7. The third kappa shape index (κ3) is 5.16. The molecule has 1 heterocycles. The zero-order valence-corrected chi connectivity index (χ0v) is 13.5. The first-order valence-electron chi connectivity index (χ1n) is 6.33. The molecule has 112 valence electrons. The van der Waals surface area contributed by atoms with E-state index in [1.165, 1.54) is 11.3 Å². The number of rotatable bonds is 3. The number of alkyl carbamates (subject to hydrolysis) is 1. The molecule has 1 rings (SSSR count). The SMILES string of the molecule is Cc1nc(NC(=O)[C@@H](C)NC(=O)OC(C)(C)C)sc1C. The van der Waals surface area contributed by atoms with E-state index < -0.39 is 17.7 Å². The molecule has 0 spiro atoms. The van der Waals surface area contributed by atoms with Gasteiger partial charge in [0.15, 0.2) is 5.13 Å². The Morgan fingerprint density at radius 3 is 2.35 bits per heavy atom. The molecule has 2 N–H and O–H groups in total. The first kappa shape index (κ1) is 16.4. The van der Waals surface area contributed by atoms with Crippen LogP contribution in [-0.2, 0) is 9.53 Å². The highest BCUT2D eigenvalue weighted by Gasteiger charge is 2.21. The van der Waals surface area contributed by atoms with Crippen LogP contribution in [0.25, 0.3) is 0 Å². The van der Waals surface area contributed by atoms with Crippen LogP contribution in [0.1, 0.15) is 38.3 Å². The zero-order valence-electron chi connectivity index (χ0n) is 12.7. The summed E-state index contributed by atoms with van der Waals surface area (Å²) in [5.41, 5.74) is 0.294. The van der Waals surface area contributed by atoms with Crippen molar-refractivity contribution in [1.29, 1.82) is 0 Å². The van der Waals surface area contributed by atoms with Gasteiger partial charge in [-0.25, -0.2) is 9.78 Å². The molecule has 6 nitrogen and oxygen atoms in total. The monoisotopic (exact) mass is 299 g/mol. The Balaban J connectivity index is 2.53. The summed E-state index contributed by atoms with van der Waals surface area (Å²) in [5.74, 6) is -0.329. The molecule has 7 heteroatoms. The van der Waals surface area contributed by atoms with Gasteiger partial charge in [-0.1, -0.05) is 0 Å².